The molecule has 3 rings (SSSR count). The molecule has 0 N–H and O–H groups in total. The van der Waals surface area contributed by atoms with Crippen LogP contribution in [0, 0.1) is 6.92 Å². The molecule has 2 aromatic carbocycles. The fourth-order valence-electron chi connectivity index (χ4n) is 2.64. The predicted octanol–water partition coefficient (Wildman–Crippen LogP) is 4.11. The van der Waals surface area contributed by atoms with E-state index in [9.17, 15) is 4.79 Å². The van der Waals surface area contributed by atoms with E-state index in [1.807, 2.05) is 36.9 Å². The van der Waals surface area contributed by atoms with Crippen molar-refractivity contribution in [1.29, 1.82) is 0 Å². The molecule has 29 heavy (non-hydrogen) atoms. The molecule has 0 radical (unpaired) electrons. The summed E-state index contributed by atoms with van der Waals surface area (Å²) in [6.45, 7) is 2.92. The molecule has 0 atom stereocenters. The van der Waals surface area contributed by atoms with E-state index in [4.69, 9.17) is 16.3 Å². The van der Waals surface area contributed by atoms with Crippen molar-refractivity contribution in [1.82, 2.24) is 19.7 Å². The van der Waals surface area contributed by atoms with Crippen LogP contribution in [-0.4, -0.2) is 38.4 Å². The number of aromatic nitrogens is 3. The van der Waals surface area contributed by atoms with Gasteiger partial charge in [-0.15, -0.1) is 10.2 Å². The quantitative estimate of drug-likeness (QED) is 0.503. The molecule has 0 bridgehead atoms. The molecule has 8 heteroatoms. The van der Waals surface area contributed by atoms with E-state index in [-0.39, 0.29) is 12.5 Å². The molecule has 152 valence electrons. The fourth-order valence-corrected chi connectivity index (χ4v) is 3.64. The number of amides is 1. The van der Waals surface area contributed by atoms with Crippen LogP contribution < -0.4 is 4.74 Å². The maximum Gasteiger partial charge on any atom is 0.233 e. The van der Waals surface area contributed by atoms with Gasteiger partial charge >= 0.3 is 0 Å². The van der Waals surface area contributed by atoms with E-state index in [0.29, 0.717) is 34.1 Å². The lowest BCUT2D eigenvalue weighted by molar-refractivity contribution is -0.127. The van der Waals surface area contributed by atoms with E-state index in [0.717, 1.165) is 5.56 Å². The minimum Gasteiger partial charge on any atom is -0.486 e. The Balaban J connectivity index is 1.52. The van der Waals surface area contributed by atoms with E-state index < -0.39 is 0 Å². The number of halogens is 1. The minimum absolute atomic E-state index is 0.0419. The average Bonchev–Trinajstić information content (AvgIpc) is 3.07. The van der Waals surface area contributed by atoms with Crippen molar-refractivity contribution in [2.75, 3.05) is 12.8 Å². The van der Waals surface area contributed by atoms with Crippen molar-refractivity contribution >= 4 is 29.3 Å². The number of carbonyl (C=O) groups is 1. The molecule has 1 heterocycles. The molecule has 0 aliphatic heterocycles. The second-order valence-electron chi connectivity index (χ2n) is 6.67. The van der Waals surface area contributed by atoms with Crippen LogP contribution in [0.1, 0.15) is 17.0 Å². The summed E-state index contributed by atoms with van der Waals surface area (Å²) in [6, 6.07) is 15.2. The lowest BCUT2D eigenvalue weighted by Gasteiger charge is -2.18. The Kier molecular flexibility index (Phi) is 7.17. The number of nitrogens with zero attached hydrogens (tertiary/aromatic N) is 4. The standard InChI is InChI=1S/C21H23ClN4O2S/c1-15-6-4-5-7-16(15)12-25(2)20(27)14-29-21-24-23-19(26(21)3)13-28-18-10-8-17(22)9-11-18/h4-11H,12-14H2,1-3H3. The van der Waals surface area contributed by atoms with Crippen LogP contribution in [0.4, 0.5) is 0 Å². The Labute approximate surface area is 179 Å². The van der Waals surface area contributed by atoms with Gasteiger partial charge in [-0.1, -0.05) is 47.6 Å². The number of benzene rings is 2. The molecular formula is C21H23ClN4O2S. The number of ether oxygens (including phenoxy) is 1. The smallest absolute Gasteiger partial charge is 0.233 e. The molecule has 0 aliphatic carbocycles. The summed E-state index contributed by atoms with van der Waals surface area (Å²) < 4.78 is 7.56. The average molecular weight is 431 g/mol. The predicted molar refractivity (Wildman–Crippen MR) is 115 cm³/mol. The first kappa shape index (κ1) is 21.2. The van der Waals surface area contributed by atoms with Crippen molar-refractivity contribution in [3.05, 3.63) is 70.5 Å². The topological polar surface area (TPSA) is 60.3 Å². The van der Waals surface area contributed by atoms with Crippen LogP contribution >= 0.6 is 23.4 Å². The maximum atomic E-state index is 12.5. The molecule has 3 aromatic rings. The third-order valence-corrected chi connectivity index (χ3v) is 5.78. The van der Waals surface area contributed by atoms with Gasteiger partial charge in [-0.05, 0) is 42.3 Å². The van der Waals surface area contributed by atoms with Gasteiger partial charge in [0.1, 0.15) is 12.4 Å². The van der Waals surface area contributed by atoms with Gasteiger partial charge in [0.25, 0.3) is 0 Å². The molecule has 1 amide bonds. The lowest BCUT2D eigenvalue weighted by Crippen LogP contribution is -2.28. The summed E-state index contributed by atoms with van der Waals surface area (Å²) in [7, 11) is 3.68. The normalized spacial score (nSPS) is 10.8. The molecule has 0 saturated heterocycles. The van der Waals surface area contributed by atoms with E-state index in [1.165, 1.54) is 17.3 Å². The summed E-state index contributed by atoms with van der Waals surface area (Å²) in [5.41, 5.74) is 2.33. The Bertz CT molecular complexity index is 975. The first-order chi connectivity index (χ1) is 13.9. The highest BCUT2D eigenvalue weighted by atomic mass is 35.5. The monoisotopic (exact) mass is 430 g/mol. The van der Waals surface area contributed by atoms with Gasteiger partial charge in [-0.3, -0.25) is 4.79 Å². The number of carbonyl (C=O) groups excluding carboxylic acids is 1. The molecule has 0 aliphatic rings. The Morgan fingerprint density at radius 1 is 1.17 bits per heavy atom. The first-order valence-electron chi connectivity index (χ1n) is 9.12. The van der Waals surface area contributed by atoms with E-state index in [1.54, 1.807) is 29.2 Å². The van der Waals surface area contributed by atoms with Crippen molar-refractivity contribution in [2.24, 2.45) is 7.05 Å². The maximum absolute atomic E-state index is 12.5. The summed E-state index contributed by atoms with van der Waals surface area (Å²) in [4.78, 5) is 14.2. The van der Waals surface area contributed by atoms with E-state index in [2.05, 4.69) is 23.2 Å². The van der Waals surface area contributed by atoms with Crippen LogP contribution in [0.25, 0.3) is 0 Å². The Morgan fingerprint density at radius 2 is 1.90 bits per heavy atom. The summed E-state index contributed by atoms with van der Waals surface area (Å²) in [5.74, 6) is 1.73. The minimum atomic E-state index is 0.0419. The summed E-state index contributed by atoms with van der Waals surface area (Å²) >= 11 is 7.24. The highest BCUT2D eigenvalue weighted by Gasteiger charge is 2.15. The largest absolute Gasteiger partial charge is 0.486 e. The zero-order chi connectivity index (χ0) is 20.8. The number of thioether (sulfide) groups is 1. The number of hydrogen-bond donors (Lipinski definition) is 0. The fraction of sp³-hybridized carbons (Fsp3) is 0.286. The number of aryl methyl sites for hydroxylation is 1. The van der Waals surface area contributed by atoms with Gasteiger partial charge in [0.2, 0.25) is 5.91 Å². The molecule has 0 unspecified atom stereocenters. The van der Waals surface area contributed by atoms with Crippen molar-refractivity contribution in [3.63, 3.8) is 0 Å². The first-order valence-corrected chi connectivity index (χ1v) is 10.5. The third kappa shape index (κ3) is 5.74. The SMILES string of the molecule is Cc1ccccc1CN(C)C(=O)CSc1nnc(COc2ccc(Cl)cc2)n1C. The molecule has 0 fully saturated rings. The molecular weight excluding hydrogens is 408 g/mol. The number of rotatable bonds is 8. The van der Waals surface area contributed by atoms with Crippen LogP contribution in [0.2, 0.25) is 5.02 Å². The van der Waals surface area contributed by atoms with Crippen LogP contribution in [0.5, 0.6) is 5.75 Å². The summed E-state index contributed by atoms with van der Waals surface area (Å²) in [5, 5.41) is 9.68. The van der Waals surface area contributed by atoms with Gasteiger partial charge in [0, 0.05) is 25.7 Å². The summed E-state index contributed by atoms with van der Waals surface area (Å²) in [6.07, 6.45) is 0. The van der Waals surface area contributed by atoms with Gasteiger partial charge in [-0.2, -0.15) is 0 Å². The molecule has 1 aromatic heterocycles. The van der Waals surface area contributed by atoms with Gasteiger partial charge < -0.3 is 14.2 Å². The number of hydrogen-bond acceptors (Lipinski definition) is 5. The van der Waals surface area contributed by atoms with Crippen molar-refractivity contribution in [2.45, 2.75) is 25.2 Å². The Hall–Kier alpha value is -2.51. The van der Waals surface area contributed by atoms with Crippen LogP contribution in [0.15, 0.2) is 53.7 Å². The zero-order valence-corrected chi connectivity index (χ0v) is 18.2. The Morgan fingerprint density at radius 3 is 2.62 bits per heavy atom. The van der Waals surface area contributed by atoms with Crippen molar-refractivity contribution < 1.29 is 9.53 Å². The second-order valence-corrected chi connectivity index (χ2v) is 8.04. The van der Waals surface area contributed by atoms with Crippen LogP contribution in [0.3, 0.4) is 0 Å². The van der Waals surface area contributed by atoms with Crippen LogP contribution in [-0.2, 0) is 25.0 Å². The molecule has 0 spiro atoms. The highest BCUT2D eigenvalue weighted by Crippen LogP contribution is 2.19. The lowest BCUT2D eigenvalue weighted by atomic mass is 10.1. The highest BCUT2D eigenvalue weighted by molar-refractivity contribution is 7.99. The van der Waals surface area contributed by atoms with Gasteiger partial charge in [0.05, 0.1) is 5.75 Å². The van der Waals surface area contributed by atoms with Crippen molar-refractivity contribution in [3.8, 4) is 5.75 Å². The molecule has 0 saturated carbocycles. The van der Waals surface area contributed by atoms with Gasteiger partial charge in [-0.25, -0.2) is 0 Å². The van der Waals surface area contributed by atoms with E-state index >= 15 is 0 Å². The zero-order valence-electron chi connectivity index (χ0n) is 16.6. The third-order valence-electron chi connectivity index (χ3n) is 4.53. The second kappa shape index (κ2) is 9.80. The molecule has 6 nitrogen and oxygen atoms in total. The van der Waals surface area contributed by atoms with Gasteiger partial charge in [0.15, 0.2) is 11.0 Å².